The fourth-order valence-corrected chi connectivity index (χ4v) is 2.58. The molecule has 0 spiro atoms. The predicted molar refractivity (Wildman–Crippen MR) is 91.2 cm³/mol. The Morgan fingerprint density at radius 2 is 1.50 bits per heavy atom. The number of rotatable bonds is 3. The minimum atomic E-state index is -1.12. The maximum atomic E-state index is 13.4. The van der Waals surface area contributed by atoms with Crippen LogP contribution in [0, 0.1) is 11.6 Å². The summed E-state index contributed by atoms with van der Waals surface area (Å²) < 4.78 is 26.5. The van der Waals surface area contributed by atoms with Crippen LogP contribution in [0.4, 0.5) is 14.5 Å². The molecule has 0 bridgehead atoms. The number of benzene rings is 3. The summed E-state index contributed by atoms with van der Waals surface area (Å²) in [5, 5.41) is 2.55. The fraction of sp³-hybridized carbons (Fsp3) is 0. The van der Waals surface area contributed by atoms with Crippen molar-refractivity contribution in [2.75, 3.05) is 5.32 Å². The first kappa shape index (κ1) is 16.1. The Kier molecular flexibility index (Phi) is 4.58. The van der Waals surface area contributed by atoms with E-state index in [0.29, 0.717) is 5.69 Å². The maximum Gasteiger partial charge on any atom is 0.257 e. The lowest BCUT2D eigenvalue weighted by Crippen LogP contribution is -2.14. The van der Waals surface area contributed by atoms with Crippen LogP contribution in [0.2, 0.25) is 5.02 Å². The van der Waals surface area contributed by atoms with Crippen molar-refractivity contribution >= 4 is 23.2 Å². The van der Waals surface area contributed by atoms with Crippen LogP contribution in [0.1, 0.15) is 10.4 Å². The zero-order chi connectivity index (χ0) is 17.1. The number of hydrogen-bond donors (Lipinski definition) is 1. The molecule has 0 saturated heterocycles. The summed E-state index contributed by atoms with van der Waals surface area (Å²) in [6, 6.07) is 18.3. The van der Waals surface area contributed by atoms with Gasteiger partial charge in [0.2, 0.25) is 0 Å². The molecule has 5 heteroatoms. The highest BCUT2D eigenvalue weighted by Gasteiger charge is 2.16. The highest BCUT2D eigenvalue weighted by molar-refractivity contribution is 6.34. The molecule has 2 nitrogen and oxygen atoms in total. The van der Waals surface area contributed by atoms with Gasteiger partial charge in [0.1, 0.15) is 0 Å². The maximum absolute atomic E-state index is 13.4. The Hall–Kier alpha value is -2.72. The molecule has 3 aromatic rings. The molecule has 0 aromatic heterocycles. The van der Waals surface area contributed by atoms with Gasteiger partial charge < -0.3 is 5.32 Å². The Balaban J connectivity index is 1.95. The predicted octanol–water partition coefficient (Wildman–Crippen LogP) is 5.54. The van der Waals surface area contributed by atoms with E-state index in [9.17, 15) is 13.6 Å². The standard InChI is InChI=1S/C19H12ClF2NO/c20-15-11-17(22)16(21)10-14(15)19(24)23-18-9-5-4-8-13(18)12-6-2-1-3-7-12/h1-11H,(H,23,24). The van der Waals surface area contributed by atoms with Crippen molar-refractivity contribution in [1.29, 1.82) is 0 Å². The van der Waals surface area contributed by atoms with Gasteiger partial charge in [0.05, 0.1) is 10.6 Å². The fourth-order valence-electron chi connectivity index (χ4n) is 2.35. The van der Waals surface area contributed by atoms with Gasteiger partial charge >= 0.3 is 0 Å². The second kappa shape index (κ2) is 6.81. The van der Waals surface area contributed by atoms with Crippen LogP contribution >= 0.6 is 11.6 Å². The molecular formula is C19H12ClF2NO. The molecule has 0 fully saturated rings. The summed E-state index contributed by atoms with van der Waals surface area (Å²) in [6.07, 6.45) is 0. The Labute approximate surface area is 142 Å². The van der Waals surface area contributed by atoms with Crippen LogP contribution in [-0.4, -0.2) is 5.91 Å². The number of hydrogen-bond acceptors (Lipinski definition) is 1. The van der Waals surface area contributed by atoms with Gasteiger partial charge in [0, 0.05) is 11.3 Å². The lowest BCUT2D eigenvalue weighted by Gasteiger charge is -2.12. The molecule has 1 N–H and O–H groups in total. The van der Waals surface area contributed by atoms with E-state index in [1.807, 2.05) is 42.5 Å². The minimum absolute atomic E-state index is 0.126. The zero-order valence-electron chi connectivity index (χ0n) is 12.4. The number of amides is 1. The lowest BCUT2D eigenvalue weighted by atomic mass is 10.0. The van der Waals surface area contributed by atoms with Crippen molar-refractivity contribution in [2.24, 2.45) is 0 Å². The van der Waals surface area contributed by atoms with Gasteiger partial charge in [-0.1, -0.05) is 60.1 Å². The normalized spacial score (nSPS) is 10.5. The van der Waals surface area contributed by atoms with Gasteiger partial charge in [-0.25, -0.2) is 8.78 Å². The van der Waals surface area contributed by atoms with Gasteiger partial charge in [0.25, 0.3) is 5.91 Å². The first-order chi connectivity index (χ1) is 11.6. The first-order valence-electron chi connectivity index (χ1n) is 7.16. The second-order valence-electron chi connectivity index (χ2n) is 5.11. The van der Waals surface area contributed by atoms with Gasteiger partial charge in [-0.2, -0.15) is 0 Å². The Morgan fingerprint density at radius 1 is 0.875 bits per heavy atom. The molecular weight excluding hydrogens is 332 g/mol. The molecule has 1 amide bonds. The van der Waals surface area contributed by atoms with Crippen LogP contribution in [0.3, 0.4) is 0 Å². The largest absolute Gasteiger partial charge is 0.321 e. The summed E-state index contributed by atoms with van der Waals surface area (Å²) in [5.74, 6) is -2.83. The van der Waals surface area contributed by atoms with E-state index in [-0.39, 0.29) is 10.6 Å². The van der Waals surface area contributed by atoms with Crippen molar-refractivity contribution in [3.63, 3.8) is 0 Å². The van der Waals surface area contributed by atoms with E-state index < -0.39 is 17.5 Å². The highest BCUT2D eigenvalue weighted by Crippen LogP contribution is 2.29. The van der Waals surface area contributed by atoms with E-state index in [1.54, 1.807) is 12.1 Å². The third kappa shape index (κ3) is 3.29. The number of carbonyl (C=O) groups excluding carboxylic acids is 1. The van der Waals surface area contributed by atoms with Crippen LogP contribution in [0.25, 0.3) is 11.1 Å². The second-order valence-corrected chi connectivity index (χ2v) is 5.52. The highest BCUT2D eigenvalue weighted by atomic mass is 35.5. The number of nitrogens with one attached hydrogen (secondary N) is 1. The molecule has 3 aromatic carbocycles. The zero-order valence-corrected chi connectivity index (χ0v) is 13.1. The van der Waals surface area contributed by atoms with Crippen molar-refractivity contribution in [3.05, 3.63) is 89.0 Å². The smallest absolute Gasteiger partial charge is 0.257 e. The average Bonchev–Trinajstić information content (AvgIpc) is 2.59. The van der Waals surface area contributed by atoms with Gasteiger partial charge in [0.15, 0.2) is 11.6 Å². The topological polar surface area (TPSA) is 29.1 Å². The summed E-state index contributed by atoms with van der Waals surface area (Å²) >= 11 is 5.85. The summed E-state index contributed by atoms with van der Waals surface area (Å²) in [4.78, 5) is 12.4. The monoisotopic (exact) mass is 343 g/mol. The molecule has 0 heterocycles. The Morgan fingerprint density at radius 3 is 2.25 bits per heavy atom. The van der Waals surface area contributed by atoms with Gasteiger partial charge in [-0.05, 0) is 23.8 Å². The van der Waals surface area contributed by atoms with E-state index in [2.05, 4.69) is 5.32 Å². The van der Waals surface area contributed by atoms with Gasteiger partial charge in [-0.3, -0.25) is 4.79 Å². The Bertz CT molecular complexity index is 897. The molecule has 0 aliphatic heterocycles. The number of anilines is 1. The number of carbonyl (C=O) groups is 1. The van der Waals surface area contributed by atoms with E-state index >= 15 is 0 Å². The van der Waals surface area contributed by atoms with Crippen molar-refractivity contribution in [3.8, 4) is 11.1 Å². The van der Waals surface area contributed by atoms with Crippen molar-refractivity contribution < 1.29 is 13.6 Å². The molecule has 0 atom stereocenters. The summed E-state index contributed by atoms with van der Waals surface area (Å²) in [5.41, 5.74) is 2.16. The van der Waals surface area contributed by atoms with E-state index in [1.165, 1.54) is 0 Å². The minimum Gasteiger partial charge on any atom is -0.321 e. The van der Waals surface area contributed by atoms with Gasteiger partial charge in [-0.15, -0.1) is 0 Å². The average molecular weight is 344 g/mol. The molecule has 0 radical (unpaired) electrons. The molecule has 0 aliphatic carbocycles. The summed E-state index contributed by atoms with van der Waals surface area (Å²) in [6.45, 7) is 0. The number of para-hydroxylation sites is 1. The van der Waals surface area contributed by atoms with Crippen molar-refractivity contribution in [2.45, 2.75) is 0 Å². The summed E-state index contributed by atoms with van der Waals surface area (Å²) in [7, 11) is 0. The molecule has 120 valence electrons. The molecule has 0 saturated carbocycles. The van der Waals surface area contributed by atoms with Crippen LogP contribution in [0.5, 0.6) is 0 Å². The number of halogens is 3. The SMILES string of the molecule is O=C(Nc1ccccc1-c1ccccc1)c1cc(F)c(F)cc1Cl. The van der Waals surface area contributed by atoms with Crippen LogP contribution in [-0.2, 0) is 0 Å². The van der Waals surface area contributed by atoms with Crippen LogP contribution in [0.15, 0.2) is 66.7 Å². The van der Waals surface area contributed by atoms with Crippen LogP contribution < -0.4 is 5.32 Å². The first-order valence-corrected chi connectivity index (χ1v) is 7.54. The van der Waals surface area contributed by atoms with E-state index in [4.69, 9.17) is 11.6 Å². The third-order valence-electron chi connectivity index (χ3n) is 3.51. The molecule has 0 aliphatic rings. The molecule has 3 rings (SSSR count). The van der Waals surface area contributed by atoms with E-state index in [0.717, 1.165) is 23.3 Å². The molecule has 0 unspecified atom stereocenters. The third-order valence-corrected chi connectivity index (χ3v) is 3.83. The molecule has 24 heavy (non-hydrogen) atoms. The lowest BCUT2D eigenvalue weighted by molar-refractivity contribution is 0.102. The van der Waals surface area contributed by atoms with Crippen molar-refractivity contribution in [1.82, 2.24) is 0 Å². The quantitative estimate of drug-likeness (QED) is 0.622.